The molecule has 0 aromatic carbocycles. The second-order valence-electron chi connectivity index (χ2n) is 4.23. The fraction of sp³-hybridized carbons (Fsp3) is 0.583. The second-order valence-corrected chi connectivity index (χ2v) is 5.26. The molecule has 5 heteroatoms. The van der Waals surface area contributed by atoms with Crippen LogP contribution in [0.2, 0.25) is 0 Å². The van der Waals surface area contributed by atoms with Crippen LogP contribution in [0.15, 0.2) is 17.5 Å². The van der Waals surface area contributed by atoms with Crippen molar-refractivity contribution in [2.24, 2.45) is 0 Å². The van der Waals surface area contributed by atoms with Crippen LogP contribution in [-0.4, -0.2) is 41.8 Å². The van der Waals surface area contributed by atoms with Gasteiger partial charge in [0.25, 0.3) is 0 Å². The highest BCUT2D eigenvalue weighted by atomic mass is 32.1. The van der Waals surface area contributed by atoms with Crippen LogP contribution in [0.3, 0.4) is 0 Å². The van der Waals surface area contributed by atoms with Gasteiger partial charge in [-0.25, -0.2) is 0 Å². The van der Waals surface area contributed by atoms with E-state index in [2.05, 4.69) is 0 Å². The summed E-state index contributed by atoms with van der Waals surface area (Å²) in [6, 6.07) is 3.52. The lowest BCUT2D eigenvalue weighted by atomic mass is 9.99. The molecule has 0 radical (unpaired) electrons. The highest BCUT2D eigenvalue weighted by molar-refractivity contribution is 7.09. The van der Waals surface area contributed by atoms with Crippen LogP contribution in [0.25, 0.3) is 0 Å². The van der Waals surface area contributed by atoms with Gasteiger partial charge in [0.15, 0.2) is 0 Å². The number of hydrogen-bond acceptors (Lipinski definition) is 5. The molecule has 0 spiro atoms. The van der Waals surface area contributed by atoms with Crippen molar-refractivity contribution in [3.63, 3.8) is 0 Å². The molecule has 4 nitrogen and oxygen atoms in total. The standard InChI is InChI=1S/C12H17NO3S/c1-16-12(15)11-10(14)5-2-6-13(11)8-9-4-3-7-17-9/h3-4,7,10-11,14H,2,5-6,8H2,1H3/t10-,11-/m1/s1. The molecule has 94 valence electrons. The van der Waals surface area contributed by atoms with Gasteiger partial charge in [-0.05, 0) is 30.8 Å². The molecular formula is C12H17NO3S. The quantitative estimate of drug-likeness (QED) is 0.826. The number of aliphatic hydroxyl groups excluding tert-OH is 1. The Bertz CT molecular complexity index is 366. The number of methoxy groups -OCH3 is 1. The molecule has 1 aliphatic heterocycles. The van der Waals surface area contributed by atoms with Gasteiger partial charge in [0, 0.05) is 11.4 Å². The van der Waals surface area contributed by atoms with Gasteiger partial charge in [0.05, 0.1) is 13.2 Å². The number of nitrogens with zero attached hydrogens (tertiary/aromatic N) is 1. The van der Waals surface area contributed by atoms with E-state index >= 15 is 0 Å². The molecule has 1 aliphatic rings. The largest absolute Gasteiger partial charge is 0.468 e. The first kappa shape index (κ1) is 12.5. The monoisotopic (exact) mass is 255 g/mol. The fourth-order valence-corrected chi connectivity index (χ4v) is 2.98. The zero-order valence-electron chi connectivity index (χ0n) is 9.83. The van der Waals surface area contributed by atoms with Crippen molar-refractivity contribution in [2.75, 3.05) is 13.7 Å². The smallest absolute Gasteiger partial charge is 0.325 e. The summed E-state index contributed by atoms with van der Waals surface area (Å²) in [5.41, 5.74) is 0. The number of thiophene rings is 1. The van der Waals surface area contributed by atoms with Crippen molar-refractivity contribution in [3.05, 3.63) is 22.4 Å². The number of likely N-dealkylation sites (tertiary alicyclic amines) is 1. The fourth-order valence-electron chi connectivity index (χ4n) is 2.25. The number of carbonyl (C=O) groups excluding carboxylic acids is 1. The maximum absolute atomic E-state index is 11.7. The van der Waals surface area contributed by atoms with Gasteiger partial charge in [-0.1, -0.05) is 6.07 Å². The van der Waals surface area contributed by atoms with Crippen LogP contribution < -0.4 is 0 Å². The summed E-state index contributed by atoms with van der Waals surface area (Å²) in [5.74, 6) is -0.339. The third-order valence-corrected chi connectivity index (χ3v) is 3.95. The van der Waals surface area contributed by atoms with E-state index in [9.17, 15) is 9.90 Å². The highest BCUT2D eigenvalue weighted by Crippen LogP contribution is 2.22. The molecule has 0 saturated carbocycles. The molecule has 1 aromatic rings. The molecule has 0 unspecified atom stereocenters. The Hall–Kier alpha value is -0.910. The molecule has 2 rings (SSSR count). The van der Waals surface area contributed by atoms with Gasteiger partial charge in [-0.15, -0.1) is 11.3 Å². The predicted octanol–water partition coefficient (Wildman–Crippen LogP) is 1.25. The van der Waals surface area contributed by atoms with Crippen molar-refractivity contribution < 1.29 is 14.6 Å². The molecule has 1 N–H and O–H groups in total. The summed E-state index contributed by atoms with van der Waals surface area (Å²) in [5, 5.41) is 11.9. The first-order valence-electron chi connectivity index (χ1n) is 5.74. The average Bonchev–Trinajstić information content (AvgIpc) is 2.81. The molecular weight excluding hydrogens is 238 g/mol. The summed E-state index contributed by atoms with van der Waals surface area (Å²) in [6.07, 6.45) is 0.969. The summed E-state index contributed by atoms with van der Waals surface area (Å²) >= 11 is 1.66. The van der Waals surface area contributed by atoms with Gasteiger partial charge < -0.3 is 9.84 Å². The van der Waals surface area contributed by atoms with Gasteiger partial charge in [-0.3, -0.25) is 9.69 Å². The second kappa shape index (κ2) is 5.62. The third kappa shape index (κ3) is 2.86. The van der Waals surface area contributed by atoms with Crippen LogP contribution in [0, 0.1) is 0 Å². The van der Waals surface area contributed by atoms with Crippen LogP contribution >= 0.6 is 11.3 Å². The van der Waals surface area contributed by atoms with Gasteiger partial charge in [0.1, 0.15) is 6.04 Å². The van der Waals surface area contributed by atoms with E-state index in [-0.39, 0.29) is 5.97 Å². The minimum absolute atomic E-state index is 0.339. The van der Waals surface area contributed by atoms with Gasteiger partial charge in [-0.2, -0.15) is 0 Å². The Kier molecular flexibility index (Phi) is 4.15. The van der Waals surface area contributed by atoms with Gasteiger partial charge in [0.2, 0.25) is 0 Å². The number of piperidine rings is 1. The first-order chi connectivity index (χ1) is 8.22. The lowest BCUT2D eigenvalue weighted by Crippen LogP contribution is -2.52. The lowest BCUT2D eigenvalue weighted by molar-refractivity contribution is -0.154. The van der Waals surface area contributed by atoms with Crippen LogP contribution in [0.4, 0.5) is 0 Å². The SMILES string of the molecule is COC(=O)[C@H]1[C@H](O)CCCN1Cc1cccs1. The molecule has 0 bridgehead atoms. The minimum Gasteiger partial charge on any atom is -0.468 e. The van der Waals surface area contributed by atoms with E-state index in [0.29, 0.717) is 13.0 Å². The van der Waals surface area contributed by atoms with E-state index in [4.69, 9.17) is 4.74 Å². The van der Waals surface area contributed by atoms with Crippen molar-refractivity contribution in [1.82, 2.24) is 4.90 Å². The summed E-state index contributed by atoms with van der Waals surface area (Å²) in [6.45, 7) is 1.53. The van der Waals surface area contributed by atoms with Crippen LogP contribution in [0.5, 0.6) is 0 Å². The predicted molar refractivity (Wildman–Crippen MR) is 65.8 cm³/mol. The molecule has 2 atom stereocenters. The molecule has 1 saturated heterocycles. The van der Waals surface area contributed by atoms with E-state index in [1.54, 1.807) is 11.3 Å². The normalized spacial score (nSPS) is 25.8. The number of esters is 1. The lowest BCUT2D eigenvalue weighted by Gasteiger charge is -2.36. The average molecular weight is 255 g/mol. The van der Waals surface area contributed by atoms with Crippen molar-refractivity contribution in [3.8, 4) is 0 Å². The molecule has 17 heavy (non-hydrogen) atoms. The Morgan fingerprint density at radius 3 is 3.18 bits per heavy atom. The molecule has 0 amide bonds. The molecule has 1 aromatic heterocycles. The number of aliphatic hydroxyl groups is 1. The zero-order chi connectivity index (χ0) is 12.3. The maximum Gasteiger partial charge on any atom is 0.325 e. The van der Waals surface area contributed by atoms with Crippen molar-refractivity contribution in [1.29, 1.82) is 0 Å². The van der Waals surface area contributed by atoms with E-state index < -0.39 is 12.1 Å². The Morgan fingerprint density at radius 2 is 2.53 bits per heavy atom. The van der Waals surface area contributed by atoms with E-state index in [0.717, 1.165) is 13.0 Å². The van der Waals surface area contributed by atoms with Crippen LogP contribution in [-0.2, 0) is 16.1 Å². The highest BCUT2D eigenvalue weighted by Gasteiger charge is 2.36. The topological polar surface area (TPSA) is 49.8 Å². The Labute approximate surface area is 105 Å². The molecule has 2 heterocycles. The van der Waals surface area contributed by atoms with Crippen LogP contribution in [0.1, 0.15) is 17.7 Å². The molecule has 1 fully saturated rings. The van der Waals surface area contributed by atoms with Gasteiger partial charge >= 0.3 is 5.97 Å². The van der Waals surface area contributed by atoms with E-state index in [1.165, 1.54) is 12.0 Å². The summed E-state index contributed by atoms with van der Waals surface area (Å²) in [4.78, 5) is 14.9. The Balaban J connectivity index is 2.09. The number of carbonyl (C=O) groups is 1. The zero-order valence-corrected chi connectivity index (χ0v) is 10.7. The Morgan fingerprint density at radius 1 is 1.71 bits per heavy atom. The first-order valence-corrected chi connectivity index (χ1v) is 6.62. The van der Waals surface area contributed by atoms with E-state index in [1.807, 2.05) is 22.4 Å². The van der Waals surface area contributed by atoms with Crippen molar-refractivity contribution in [2.45, 2.75) is 31.5 Å². The third-order valence-electron chi connectivity index (χ3n) is 3.08. The minimum atomic E-state index is -0.615. The number of ether oxygens (including phenoxy) is 1. The summed E-state index contributed by atoms with van der Waals surface area (Å²) in [7, 11) is 1.37. The number of hydrogen-bond donors (Lipinski definition) is 1. The summed E-state index contributed by atoms with van der Waals surface area (Å²) < 4.78 is 4.77. The molecule has 0 aliphatic carbocycles. The maximum atomic E-state index is 11.7. The number of rotatable bonds is 3. The van der Waals surface area contributed by atoms with Crippen molar-refractivity contribution >= 4 is 17.3 Å².